The average Bonchev–Trinajstić information content (AvgIpc) is 3.29. The second-order valence-electron chi connectivity index (χ2n) is 7.62. The summed E-state index contributed by atoms with van der Waals surface area (Å²) in [4.78, 5) is 25.8. The van der Waals surface area contributed by atoms with Crippen molar-refractivity contribution in [1.82, 2.24) is 15.5 Å². The summed E-state index contributed by atoms with van der Waals surface area (Å²) in [7, 11) is 0. The number of carbonyl (C=O) groups is 2. The lowest BCUT2D eigenvalue weighted by Crippen LogP contribution is -2.46. The molecule has 0 radical (unpaired) electrons. The van der Waals surface area contributed by atoms with Crippen molar-refractivity contribution >= 4 is 50.0 Å². The lowest BCUT2D eigenvalue weighted by Gasteiger charge is -2.18. The Morgan fingerprint density at radius 2 is 1.62 bits per heavy atom. The molecule has 1 atom stereocenters. The van der Waals surface area contributed by atoms with Gasteiger partial charge in [-0.1, -0.05) is 87.4 Å². The minimum atomic E-state index is -0.812. The molecule has 0 spiro atoms. The first-order valence-corrected chi connectivity index (χ1v) is 12.2. The molecule has 4 aromatic rings. The summed E-state index contributed by atoms with van der Waals surface area (Å²) >= 11 is 4.68. The lowest BCUT2D eigenvalue weighted by molar-refractivity contribution is -0.117. The van der Waals surface area contributed by atoms with Crippen LogP contribution in [-0.4, -0.2) is 28.2 Å². The van der Waals surface area contributed by atoms with Crippen LogP contribution in [0.1, 0.15) is 11.1 Å². The Hall–Kier alpha value is -3.56. The predicted molar refractivity (Wildman–Crippen MR) is 139 cm³/mol. The van der Waals surface area contributed by atoms with Crippen molar-refractivity contribution in [3.05, 3.63) is 94.5 Å². The van der Waals surface area contributed by atoms with Gasteiger partial charge in [0.1, 0.15) is 11.0 Å². The maximum atomic E-state index is 13.1. The summed E-state index contributed by atoms with van der Waals surface area (Å²) in [5.41, 5.74) is 3.56. The minimum absolute atomic E-state index is 0.326. The highest BCUT2D eigenvalue weighted by Gasteiger charge is 2.23. The van der Waals surface area contributed by atoms with Crippen LogP contribution < -0.4 is 16.0 Å². The van der Waals surface area contributed by atoms with Gasteiger partial charge in [-0.2, -0.15) is 0 Å². The van der Waals surface area contributed by atoms with Crippen LogP contribution in [0.15, 0.2) is 83.3 Å². The molecule has 9 heteroatoms. The molecule has 4 rings (SSSR count). The van der Waals surface area contributed by atoms with Crippen molar-refractivity contribution in [2.75, 3.05) is 10.6 Å². The summed E-state index contributed by atoms with van der Waals surface area (Å²) in [6.45, 7) is 1.97. The molecule has 0 aliphatic heterocycles. The van der Waals surface area contributed by atoms with Gasteiger partial charge in [0.25, 0.3) is 0 Å². The monoisotopic (exact) mass is 535 g/mol. The van der Waals surface area contributed by atoms with Crippen LogP contribution in [0.5, 0.6) is 0 Å². The highest BCUT2D eigenvalue weighted by molar-refractivity contribution is 9.10. The Morgan fingerprint density at radius 1 is 0.912 bits per heavy atom. The molecule has 172 valence electrons. The van der Waals surface area contributed by atoms with Gasteiger partial charge in [0.05, 0.1) is 0 Å². The number of aromatic nitrogens is 2. The van der Waals surface area contributed by atoms with Gasteiger partial charge in [-0.3, -0.25) is 10.1 Å². The molecular formula is C25H22BrN5O2S. The zero-order chi connectivity index (χ0) is 23.9. The number of hydrogen-bond donors (Lipinski definition) is 3. The number of benzene rings is 3. The molecule has 3 aromatic carbocycles. The summed E-state index contributed by atoms with van der Waals surface area (Å²) in [6, 6.07) is 23.4. The van der Waals surface area contributed by atoms with Gasteiger partial charge in [0.2, 0.25) is 11.0 Å². The van der Waals surface area contributed by atoms with E-state index >= 15 is 0 Å². The van der Waals surface area contributed by atoms with E-state index in [4.69, 9.17) is 0 Å². The Balaban J connectivity index is 1.46. The zero-order valence-electron chi connectivity index (χ0n) is 18.3. The third-order valence-corrected chi connectivity index (χ3v) is 6.38. The molecule has 0 unspecified atom stereocenters. The number of halogens is 1. The number of rotatable bonds is 7. The van der Waals surface area contributed by atoms with E-state index in [-0.39, 0.29) is 5.91 Å². The first-order chi connectivity index (χ1) is 16.5. The Bertz CT molecular complexity index is 1260. The number of aryl methyl sites for hydroxylation is 1. The van der Waals surface area contributed by atoms with Gasteiger partial charge in [-0.25, -0.2) is 4.79 Å². The summed E-state index contributed by atoms with van der Waals surface area (Å²) in [5.74, 6) is -0.374. The van der Waals surface area contributed by atoms with E-state index in [1.165, 1.54) is 11.3 Å². The Labute approximate surface area is 209 Å². The fraction of sp³-hybridized carbons (Fsp3) is 0.120. The van der Waals surface area contributed by atoms with E-state index < -0.39 is 12.1 Å². The Kier molecular flexibility index (Phi) is 7.66. The molecule has 0 saturated carbocycles. The number of anilines is 2. The molecule has 3 N–H and O–H groups in total. The lowest BCUT2D eigenvalue weighted by atomic mass is 10.1. The van der Waals surface area contributed by atoms with Gasteiger partial charge in [0.15, 0.2) is 0 Å². The van der Waals surface area contributed by atoms with E-state index in [0.717, 1.165) is 21.2 Å². The van der Waals surface area contributed by atoms with E-state index in [1.54, 1.807) is 0 Å². The maximum absolute atomic E-state index is 13.1. The number of nitrogens with one attached hydrogen (secondary N) is 3. The molecule has 3 amide bonds. The van der Waals surface area contributed by atoms with Gasteiger partial charge in [0, 0.05) is 22.1 Å². The highest BCUT2D eigenvalue weighted by atomic mass is 79.9. The molecule has 1 aromatic heterocycles. The van der Waals surface area contributed by atoms with Gasteiger partial charge < -0.3 is 10.6 Å². The number of nitrogens with zero attached hydrogens (tertiary/aromatic N) is 2. The zero-order valence-corrected chi connectivity index (χ0v) is 20.7. The van der Waals surface area contributed by atoms with E-state index in [2.05, 4.69) is 42.1 Å². The van der Waals surface area contributed by atoms with Crippen molar-refractivity contribution in [3.8, 4) is 10.6 Å². The quantitative estimate of drug-likeness (QED) is 0.285. The molecule has 1 heterocycles. The molecular weight excluding hydrogens is 514 g/mol. The largest absolute Gasteiger partial charge is 0.326 e. The molecule has 0 bridgehead atoms. The number of urea groups is 1. The van der Waals surface area contributed by atoms with Crippen LogP contribution in [0.3, 0.4) is 0 Å². The fourth-order valence-electron chi connectivity index (χ4n) is 3.20. The van der Waals surface area contributed by atoms with Crippen LogP contribution in [-0.2, 0) is 11.2 Å². The number of carbonyl (C=O) groups excluding carboxylic acids is 2. The normalized spacial score (nSPS) is 11.5. The summed E-state index contributed by atoms with van der Waals surface area (Å²) in [5, 5.41) is 17.7. The van der Waals surface area contributed by atoms with Crippen molar-refractivity contribution in [2.24, 2.45) is 0 Å². The van der Waals surface area contributed by atoms with Gasteiger partial charge >= 0.3 is 6.03 Å². The number of amides is 3. The van der Waals surface area contributed by atoms with E-state index in [9.17, 15) is 9.59 Å². The second-order valence-corrected chi connectivity index (χ2v) is 9.51. The van der Waals surface area contributed by atoms with Crippen LogP contribution in [0, 0.1) is 6.92 Å². The fourth-order valence-corrected chi connectivity index (χ4v) is 4.21. The standard InChI is InChI=1S/C25H22BrN5O2S/c1-16-7-13-20(14-8-16)27-24(33)28-21(15-17-5-3-2-4-6-17)22(32)29-25-31-30-23(34-25)18-9-11-19(26)12-10-18/h2-14,21H,15H2,1H3,(H2,27,28,33)(H,29,31,32)/t21-/m0/s1. The molecule has 0 aliphatic rings. The average molecular weight is 536 g/mol. The second kappa shape index (κ2) is 11.0. The topological polar surface area (TPSA) is 96.0 Å². The van der Waals surface area contributed by atoms with Gasteiger partial charge in [-0.05, 0) is 36.8 Å². The maximum Gasteiger partial charge on any atom is 0.319 e. The van der Waals surface area contributed by atoms with Crippen LogP contribution in [0.25, 0.3) is 10.6 Å². The number of hydrogen-bond acceptors (Lipinski definition) is 5. The smallest absolute Gasteiger partial charge is 0.319 e. The minimum Gasteiger partial charge on any atom is -0.326 e. The Morgan fingerprint density at radius 3 is 2.32 bits per heavy atom. The van der Waals surface area contributed by atoms with Crippen LogP contribution in [0.4, 0.5) is 15.6 Å². The van der Waals surface area contributed by atoms with Crippen molar-refractivity contribution < 1.29 is 9.59 Å². The van der Waals surface area contributed by atoms with Crippen molar-refractivity contribution in [1.29, 1.82) is 0 Å². The van der Waals surface area contributed by atoms with Crippen molar-refractivity contribution in [2.45, 2.75) is 19.4 Å². The van der Waals surface area contributed by atoms with E-state index in [1.807, 2.05) is 85.8 Å². The first kappa shape index (κ1) is 23.6. The van der Waals surface area contributed by atoms with Crippen LogP contribution in [0.2, 0.25) is 0 Å². The highest BCUT2D eigenvalue weighted by Crippen LogP contribution is 2.27. The third-order valence-electron chi connectivity index (χ3n) is 4.96. The van der Waals surface area contributed by atoms with E-state index in [0.29, 0.717) is 22.2 Å². The van der Waals surface area contributed by atoms with Crippen molar-refractivity contribution in [3.63, 3.8) is 0 Å². The molecule has 0 aliphatic carbocycles. The molecule has 7 nitrogen and oxygen atoms in total. The predicted octanol–water partition coefficient (Wildman–Crippen LogP) is 5.65. The summed E-state index contributed by atoms with van der Waals surface area (Å²) in [6.07, 6.45) is 0.326. The molecule has 0 saturated heterocycles. The summed E-state index contributed by atoms with van der Waals surface area (Å²) < 4.78 is 0.966. The van der Waals surface area contributed by atoms with Gasteiger partial charge in [-0.15, -0.1) is 10.2 Å². The van der Waals surface area contributed by atoms with Crippen LogP contribution >= 0.6 is 27.3 Å². The first-order valence-electron chi connectivity index (χ1n) is 10.5. The third kappa shape index (κ3) is 6.49. The SMILES string of the molecule is Cc1ccc(NC(=O)N[C@@H](Cc2ccccc2)C(=O)Nc2nnc(-c3ccc(Br)cc3)s2)cc1. The molecule has 0 fully saturated rings. The molecule has 34 heavy (non-hydrogen) atoms.